The zero-order valence-electron chi connectivity index (χ0n) is 16.6. The van der Waals surface area contributed by atoms with Crippen molar-refractivity contribution in [2.24, 2.45) is 0 Å². The van der Waals surface area contributed by atoms with Gasteiger partial charge in [0.2, 0.25) is 11.4 Å². The fraction of sp³-hybridized carbons (Fsp3) is 0.526. The van der Waals surface area contributed by atoms with E-state index in [1.54, 1.807) is 9.47 Å². The van der Waals surface area contributed by atoms with Crippen LogP contribution in [0, 0.1) is 0 Å². The Bertz CT molecular complexity index is 955. The van der Waals surface area contributed by atoms with E-state index in [4.69, 9.17) is 4.74 Å². The molecule has 1 amide bonds. The number of aromatic nitrogens is 3. The number of aldehydes is 1. The molecule has 1 saturated heterocycles. The fourth-order valence-electron chi connectivity index (χ4n) is 3.08. The number of piperazine rings is 1. The molecule has 2 aromatic heterocycles. The number of rotatable bonds is 3. The van der Waals surface area contributed by atoms with Gasteiger partial charge in [0.25, 0.3) is 0 Å². The molecule has 0 unspecified atom stereocenters. The Morgan fingerprint density at radius 2 is 1.93 bits per heavy atom. The van der Waals surface area contributed by atoms with Crippen molar-refractivity contribution in [3.05, 3.63) is 28.2 Å². The molecule has 1 aliphatic rings. The van der Waals surface area contributed by atoms with Crippen LogP contribution in [-0.2, 0) is 11.3 Å². The maximum atomic E-state index is 12.4. The van der Waals surface area contributed by atoms with Crippen molar-refractivity contribution >= 4 is 29.4 Å². The molecule has 0 bridgehead atoms. The van der Waals surface area contributed by atoms with Crippen LogP contribution in [0.15, 0.2) is 17.2 Å². The Hall–Kier alpha value is -2.97. The molecule has 0 aromatic carbocycles. The predicted molar refractivity (Wildman–Crippen MR) is 105 cm³/mol. The number of ether oxygens (including phenoxy) is 1. The maximum Gasteiger partial charge on any atom is 0.410 e. The normalized spacial score (nSPS) is 15.0. The highest BCUT2D eigenvalue weighted by atomic mass is 16.6. The number of hydrogen-bond acceptors (Lipinski definition) is 7. The van der Waals surface area contributed by atoms with Crippen molar-refractivity contribution in [2.75, 3.05) is 31.1 Å². The highest BCUT2D eigenvalue weighted by Gasteiger charge is 2.27. The minimum absolute atomic E-state index is 0.0941. The highest BCUT2D eigenvalue weighted by Crippen LogP contribution is 2.17. The number of nitrogens with zero attached hydrogens (tertiary/aromatic N) is 5. The minimum Gasteiger partial charge on any atom is -0.444 e. The Labute approximate surface area is 162 Å². The van der Waals surface area contributed by atoms with Crippen molar-refractivity contribution in [3.8, 4) is 0 Å². The van der Waals surface area contributed by atoms with Gasteiger partial charge in [0.1, 0.15) is 11.2 Å². The SMILES string of the molecule is CCn1cc(C=O)c(=O)c2cnc(N3CCN(C(=O)OC(C)(C)C)CC3)nc21. The number of amides is 1. The van der Waals surface area contributed by atoms with Gasteiger partial charge in [-0.15, -0.1) is 0 Å². The van der Waals surface area contributed by atoms with E-state index in [2.05, 4.69) is 9.97 Å². The summed E-state index contributed by atoms with van der Waals surface area (Å²) in [5.74, 6) is 0.497. The fourth-order valence-corrected chi connectivity index (χ4v) is 3.08. The molecule has 1 fully saturated rings. The van der Waals surface area contributed by atoms with Crippen LogP contribution in [0.1, 0.15) is 38.1 Å². The minimum atomic E-state index is -0.528. The Morgan fingerprint density at radius 3 is 2.50 bits per heavy atom. The van der Waals surface area contributed by atoms with E-state index in [0.29, 0.717) is 56.0 Å². The smallest absolute Gasteiger partial charge is 0.410 e. The summed E-state index contributed by atoms with van der Waals surface area (Å²) < 4.78 is 7.18. The first-order chi connectivity index (χ1) is 13.2. The van der Waals surface area contributed by atoms with Crippen molar-refractivity contribution in [3.63, 3.8) is 0 Å². The first kappa shape index (κ1) is 19.8. The van der Waals surface area contributed by atoms with Gasteiger partial charge in [0.15, 0.2) is 6.29 Å². The molecule has 0 radical (unpaired) electrons. The molecule has 2 aromatic rings. The monoisotopic (exact) mass is 387 g/mol. The van der Waals surface area contributed by atoms with Crippen LogP contribution in [0.3, 0.4) is 0 Å². The van der Waals surface area contributed by atoms with E-state index in [0.717, 1.165) is 0 Å². The number of pyridine rings is 1. The standard InChI is InChI=1S/C19H25N5O4/c1-5-22-11-13(12-25)15(26)14-10-20-17(21-16(14)22)23-6-8-24(9-7-23)18(27)28-19(2,3)4/h10-12H,5-9H2,1-4H3. The van der Waals surface area contributed by atoms with E-state index in [-0.39, 0.29) is 17.1 Å². The molecule has 0 saturated carbocycles. The van der Waals surface area contributed by atoms with E-state index in [9.17, 15) is 14.4 Å². The summed E-state index contributed by atoms with van der Waals surface area (Å²) in [5, 5.41) is 0.322. The molecule has 9 heteroatoms. The molecule has 150 valence electrons. The van der Waals surface area contributed by atoms with Gasteiger partial charge in [-0.2, -0.15) is 4.98 Å². The Morgan fingerprint density at radius 1 is 1.25 bits per heavy atom. The summed E-state index contributed by atoms with van der Waals surface area (Å²) in [5.41, 5.74) is -0.301. The van der Waals surface area contributed by atoms with Crippen molar-refractivity contribution in [2.45, 2.75) is 39.8 Å². The quantitative estimate of drug-likeness (QED) is 0.739. The first-order valence-electron chi connectivity index (χ1n) is 9.31. The lowest BCUT2D eigenvalue weighted by Crippen LogP contribution is -2.50. The second-order valence-electron chi connectivity index (χ2n) is 7.68. The summed E-state index contributed by atoms with van der Waals surface area (Å²) >= 11 is 0. The Balaban J connectivity index is 1.81. The molecule has 1 aliphatic heterocycles. The third-order valence-electron chi connectivity index (χ3n) is 4.51. The molecule has 28 heavy (non-hydrogen) atoms. The largest absolute Gasteiger partial charge is 0.444 e. The lowest BCUT2D eigenvalue weighted by Gasteiger charge is -2.35. The molecule has 0 atom stereocenters. The van der Waals surface area contributed by atoms with Crippen LogP contribution in [0.2, 0.25) is 0 Å². The van der Waals surface area contributed by atoms with Gasteiger partial charge in [0.05, 0.1) is 10.9 Å². The number of anilines is 1. The van der Waals surface area contributed by atoms with Crippen LogP contribution < -0.4 is 10.3 Å². The topological polar surface area (TPSA) is 97.6 Å². The zero-order valence-corrected chi connectivity index (χ0v) is 16.6. The van der Waals surface area contributed by atoms with Crippen molar-refractivity contribution in [1.82, 2.24) is 19.4 Å². The first-order valence-corrected chi connectivity index (χ1v) is 9.31. The number of hydrogen-bond donors (Lipinski definition) is 0. The summed E-state index contributed by atoms with van der Waals surface area (Å²) in [6.45, 7) is 10.1. The van der Waals surface area contributed by atoms with Crippen LogP contribution in [0.25, 0.3) is 11.0 Å². The number of aryl methyl sites for hydroxylation is 1. The van der Waals surface area contributed by atoms with Crippen molar-refractivity contribution < 1.29 is 14.3 Å². The van der Waals surface area contributed by atoms with Gasteiger partial charge >= 0.3 is 6.09 Å². The molecule has 0 aliphatic carbocycles. The highest BCUT2D eigenvalue weighted by molar-refractivity contribution is 5.84. The summed E-state index contributed by atoms with van der Waals surface area (Å²) in [6.07, 6.45) is 3.22. The van der Waals surface area contributed by atoms with E-state index in [1.165, 1.54) is 12.4 Å². The zero-order chi connectivity index (χ0) is 20.5. The van der Waals surface area contributed by atoms with Gasteiger partial charge in [-0.05, 0) is 27.7 Å². The van der Waals surface area contributed by atoms with E-state index < -0.39 is 5.60 Å². The second-order valence-corrected chi connectivity index (χ2v) is 7.68. The summed E-state index contributed by atoms with van der Waals surface area (Å²) in [4.78, 5) is 48.2. The van der Waals surface area contributed by atoms with Crippen LogP contribution in [-0.4, -0.2) is 63.6 Å². The van der Waals surface area contributed by atoms with Gasteiger partial charge < -0.3 is 19.1 Å². The molecule has 3 rings (SSSR count). The third kappa shape index (κ3) is 3.97. The van der Waals surface area contributed by atoms with Gasteiger partial charge in [-0.25, -0.2) is 9.78 Å². The van der Waals surface area contributed by atoms with Gasteiger partial charge in [0, 0.05) is 45.1 Å². The number of carbonyl (C=O) groups is 2. The number of carbonyl (C=O) groups excluding carboxylic acids is 2. The maximum absolute atomic E-state index is 12.4. The van der Waals surface area contributed by atoms with E-state index in [1.807, 2.05) is 32.6 Å². The average Bonchev–Trinajstić information content (AvgIpc) is 2.67. The molecule has 3 heterocycles. The summed E-state index contributed by atoms with van der Waals surface area (Å²) in [6, 6.07) is 0. The Kier molecular flexibility index (Phi) is 5.35. The van der Waals surface area contributed by atoms with Gasteiger partial charge in [-0.3, -0.25) is 9.59 Å². The molecular weight excluding hydrogens is 362 g/mol. The second kappa shape index (κ2) is 7.57. The van der Waals surface area contributed by atoms with Crippen LogP contribution in [0.4, 0.5) is 10.7 Å². The lowest BCUT2D eigenvalue weighted by atomic mass is 10.2. The van der Waals surface area contributed by atoms with Crippen LogP contribution in [0.5, 0.6) is 0 Å². The summed E-state index contributed by atoms with van der Waals surface area (Å²) in [7, 11) is 0. The molecule has 9 nitrogen and oxygen atoms in total. The lowest BCUT2D eigenvalue weighted by molar-refractivity contribution is 0.0240. The average molecular weight is 387 g/mol. The van der Waals surface area contributed by atoms with Gasteiger partial charge in [-0.1, -0.05) is 0 Å². The van der Waals surface area contributed by atoms with Crippen LogP contribution >= 0.6 is 0 Å². The van der Waals surface area contributed by atoms with E-state index >= 15 is 0 Å². The van der Waals surface area contributed by atoms with Crippen molar-refractivity contribution in [1.29, 1.82) is 0 Å². The number of fused-ring (bicyclic) bond motifs is 1. The molecule has 0 N–H and O–H groups in total. The third-order valence-corrected chi connectivity index (χ3v) is 4.51. The predicted octanol–water partition coefficient (Wildman–Crippen LogP) is 1.68. The molecule has 0 spiro atoms. The molecular formula is C19H25N5O4.